The van der Waals surface area contributed by atoms with Crippen LogP contribution in [0.5, 0.6) is 17.2 Å². The summed E-state index contributed by atoms with van der Waals surface area (Å²) in [6.07, 6.45) is 2.61. The van der Waals surface area contributed by atoms with Crippen molar-refractivity contribution in [2.24, 2.45) is 0 Å². The highest BCUT2D eigenvalue weighted by molar-refractivity contribution is 6.46. The highest BCUT2D eigenvalue weighted by atomic mass is 16.5. The fraction of sp³-hybridized carbons (Fsp3) is 0.429. The molecule has 1 atom stereocenters. The topological polar surface area (TPSA) is 99.5 Å². The lowest BCUT2D eigenvalue weighted by Crippen LogP contribution is -2.32. The summed E-state index contributed by atoms with van der Waals surface area (Å²) in [5, 5.41) is 21.4. The van der Waals surface area contributed by atoms with Gasteiger partial charge in [-0.25, -0.2) is 0 Å². The Morgan fingerprint density at radius 3 is 2.47 bits per heavy atom. The molecule has 2 aromatic carbocycles. The van der Waals surface area contributed by atoms with Gasteiger partial charge in [0.1, 0.15) is 11.5 Å². The fourth-order valence-electron chi connectivity index (χ4n) is 4.32. The Morgan fingerprint density at radius 1 is 1.08 bits per heavy atom. The van der Waals surface area contributed by atoms with E-state index < -0.39 is 17.7 Å². The van der Waals surface area contributed by atoms with Gasteiger partial charge in [-0.1, -0.05) is 19.4 Å². The van der Waals surface area contributed by atoms with Crippen molar-refractivity contribution in [3.05, 3.63) is 58.7 Å². The lowest BCUT2D eigenvalue weighted by Gasteiger charge is -2.26. The molecule has 0 saturated carbocycles. The fourth-order valence-corrected chi connectivity index (χ4v) is 4.32. The van der Waals surface area contributed by atoms with Crippen LogP contribution >= 0.6 is 0 Å². The van der Waals surface area contributed by atoms with E-state index in [-0.39, 0.29) is 22.8 Å². The number of likely N-dealkylation sites (tertiary alicyclic amines) is 1. The Bertz CT molecular complexity index is 1140. The number of carbonyl (C=O) groups is 2. The summed E-state index contributed by atoms with van der Waals surface area (Å²) in [5.74, 6) is -0.775. The molecule has 3 rings (SSSR count). The Morgan fingerprint density at radius 2 is 1.83 bits per heavy atom. The maximum absolute atomic E-state index is 13.2. The van der Waals surface area contributed by atoms with E-state index in [9.17, 15) is 19.8 Å². The van der Waals surface area contributed by atoms with Gasteiger partial charge in [0.25, 0.3) is 11.7 Å². The molecule has 0 aromatic heterocycles. The number of phenols is 1. The number of nitrogens with zero attached hydrogens (tertiary/aromatic N) is 2. The number of hydrogen-bond acceptors (Lipinski definition) is 7. The van der Waals surface area contributed by atoms with Gasteiger partial charge in [-0.2, -0.15) is 0 Å². The Kier molecular flexibility index (Phi) is 8.98. The summed E-state index contributed by atoms with van der Waals surface area (Å²) in [6, 6.07) is 9.08. The van der Waals surface area contributed by atoms with Crippen LogP contribution in [0.15, 0.2) is 42.0 Å². The van der Waals surface area contributed by atoms with Gasteiger partial charge >= 0.3 is 0 Å². The number of Topliss-reactive ketones (excluding diaryl/α,β-unsaturated/α-hetero) is 1. The zero-order valence-corrected chi connectivity index (χ0v) is 21.7. The predicted molar refractivity (Wildman–Crippen MR) is 138 cm³/mol. The average Bonchev–Trinajstić information content (AvgIpc) is 3.10. The van der Waals surface area contributed by atoms with Crippen LogP contribution in [-0.2, 0) is 9.59 Å². The molecule has 1 amide bonds. The minimum atomic E-state index is -0.817. The molecule has 194 valence electrons. The van der Waals surface area contributed by atoms with Crippen LogP contribution in [0.25, 0.3) is 5.76 Å². The lowest BCUT2D eigenvalue weighted by molar-refractivity contribution is -0.139. The van der Waals surface area contributed by atoms with E-state index in [4.69, 9.17) is 9.47 Å². The van der Waals surface area contributed by atoms with Crippen molar-refractivity contribution in [2.75, 3.05) is 40.9 Å². The zero-order chi connectivity index (χ0) is 26.4. The van der Waals surface area contributed by atoms with Crippen LogP contribution in [0.1, 0.15) is 48.9 Å². The number of aromatic hydroxyl groups is 1. The molecule has 8 heteroatoms. The maximum Gasteiger partial charge on any atom is 0.295 e. The van der Waals surface area contributed by atoms with E-state index in [1.165, 1.54) is 18.1 Å². The molecule has 0 aliphatic carbocycles. The molecule has 0 radical (unpaired) electrons. The Hall–Kier alpha value is -3.52. The summed E-state index contributed by atoms with van der Waals surface area (Å²) in [7, 11) is 5.31. The summed E-state index contributed by atoms with van der Waals surface area (Å²) < 4.78 is 11.1. The highest BCUT2D eigenvalue weighted by Crippen LogP contribution is 2.42. The molecule has 8 nitrogen and oxygen atoms in total. The highest BCUT2D eigenvalue weighted by Gasteiger charge is 2.46. The Balaban J connectivity index is 2.07. The van der Waals surface area contributed by atoms with Crippen molar-refractivity contribution in [1.82, 2.24) is 9.80 Å². The molecule has 0 bridgehead atoms. The Labute approximate surface area is 212 Å². The van der Waals surface area contributed by atoms with Crippen LogP contribution in [0.2, 0.25) is 0 Å². The number of hydrogen-bond donors (Lipinski definition) is 2. The summed E-state index contributed by atoms with van der Waals surface area (Å²) in [5.41, 5.74) is 1.82. The minimum Gasteiger partial charge on any atom is -0.507 e. The number of ketones is 1. The van der Waals surface area contributed by atoms with E-state index in [2.05, 4.69) is 6.92 Å². The average molecular weight is 497 g/mol. The monoisotopic (exact) mass is 496 g/mol. The lowest BCUT2D eigenvalue weighted by atomic mass is 9.94. The first-order valence-corrected chi connectivity index (χ1v) is 12.2. The predicted octanol–water partition coefficient (Wildman–Crippen LogP) is 4.26. The van der Waals surface area contributed by atoms with Gasteiger partial charge in [0.05, 0.1) is 25.3 Å². The van der Waals surface area contributed by atoms with E-state index >= 15 is 0 Å². The second kappa shape index (κ2) is 11.9. The third-order valence-electron chi connectivity index (χ3n) is 6.27. The number of methoxy groups -OCH3 is 1. The van der Waals surface area contributed by atoms with Crippen LogP contribution in [0.4, 0.5) is 0 Å². The second-order valence-corrected chi connectivity index (χ2v) is 9.26. The van der Waals surface area contributed by atoms with Crippen LogP contribution in [0.3, 0.4) is 0 Å². The van der Waals surface area contributed by atoms with Gasteiger partial charge in [0, 0.05) is 12.1 Å². The van der Waals surface area contributed by atoms with E-state index in [0.29, 0.717) is 36.4 Å². The largest absolute Gasteiger partial charge is 0.507 e. The van der Waals surface area contributed by atoms with Crippen LogP contribution in [-0.4, -0.2) is 72.6 Å². The van der Waals surface area contributed by atoms with Gasteiger partial charge in [0.2, 0.25) is 0 Å². The first kappa shape index (κ1) is 27.1. The molecule has 36 heavy (non-hydrogen) atoms. The van der Waals surface area contributed by atoms with Crippen molar-refractivity contribution in [2.45, 2.75) is 39.2 Å². The zero-order valence-electron chi connectivity index (χ0n) is 21.7. The van der Waals surface area contributed by atoms with Gasteiger partial charge in [-0.05, 0) is 81.9 Å². The molecular formula is C28H36N2O6. The van der Waals surface area contributed by atoms with Crippen molar-refractivity contribution < 1.29 is 29.3 Å². The summed E-state index contributed by atoms with van der Waals surface area (Å²) in [6.45, 7) is 5.63. The van der Waals surface area contributed by atoms with Gasteiger partial charge in [-0.3, -0.25) is 9.59 Å². The van der Waals surface area contributed by atoms with Crippen molar-refractivity contribution in [3.63, 3.8) is 0 Å². The molecular weight excluding hydrogens is 460 g/mol. The SMILES string of the molecule is CCCCOc1ccc(/C(O)=C2/C(=O)C(=O)N(CCCN(C)C)C2c2ccc(O)c(OC)c2)cc1C. The number of phenolic OH excluding ortho intramolecular Hbond substituents is 1. The minimum absolute atomic E-state index is 0.0108. The molecule has 1 fully saturated rings. The standard InChI is InChI=1S/C28H36N2O6/c1-6-7-15-36-22-12-10-20(16-18(22)2)26(32)24-25(19-9-11-21(31)23(17-19)35-5)30(28(34)27(24)33)14-8-13-29(3)4/h9-12,16-17,25,31-32H,6-8,13-15H2,1-5H3/b26-24-. The number of aliphatic hydroxyl groups excluding tert-OH is 1. The molecule has 1 saturated heterocycles. The van der Waals surface area contributed by atoms with Gasteiger partial charge in [0.15, 0.2) is 11.5 Å². The molecule has 2 aromatic rings. The van der Waals surface area contributed by atoms with Crippen molar-refractivity contribution >= 4 is 17.4 Å². The van der Waals surface area contributed by atoms with Gasteiger partial charge in [-0.15, -0.1) is 0 Å². The second-order valence-electron chi connectivity index (χ2n) is 9.26. The first-order valence-electron chi connectivity index (χ1n) is 12.2. The third-order valence-corrected chi connectivity index (χ3v) is 6.27. The summed E-state index contributed by atoms with van der Waals surface area (Å²) in [4.78, 5) is 29.8. The molecule has 1 aliphatic heterocycles. The molecule has 1 aliphatic rings. The number of ether oxygens (including phenoxy) is 2. The molecule has 1 heterocycles. The van der Waals surface area contributed by atoms with Crippen molar-refractivity contribution in [3.8, 4) is 17.2 Å². The summed E-state index contributed by atoms with van der Waals surface area (Å²) >= 11 is 0. The van der Waals surface area contributed by atoms with E-state index in [0.717, 1.165) is 24.9 Å². The number of rotatable bonds is 11. The normalized spacial score (nSPS) is 17.2. The smallest absolute Gasteiger partial charge is 0.295 e. The number of aliphatic hydroxyl groups is 1. The number of unbranched alkanes of at least 4 members (excludes halogenated alkanes) is 1. The number of aryl methyl sites for hydroxylation is 1. The first-order chi connectivity index (χ1) is 17.2. The molecule has 2 N–H and O–H groups in total. The maximum atomic E-state index is 13.2. The van der Waals surface area contributed by atoms with Gasteiger partial charge < -0.3 is 29.5 Å². The molecule has 1 unspecified atom stereocenters. The third kappa shape index (κ3) is 5.82. The van der Waals surface area contributed by atoms with Crippen LogP contribution < -0.4 is 9.47 Å². The quantitative estimate of drug-likeness (QED) is 0.208. The number of benzene rings is 2. The number of carbonyl (C=O) groups excluding carboxylic acids is 2. The number of amides is 1. The van der Waals surface area contributed by atoms with E-state index in [1.54, 1.807) is 30.3 Å². The van der Waals surface area contributed by atoms with Crippen LogP contribution in [0, 0.1) is 6.92 Å². The van der Waals surface area contributed by atoms with Crippen molar-refractivity contribution in [1.29, 1.82) is 0 Å². The molecule has 0 spiro atoms. The van der Waals surface area contributed by atoms with E-state index in [1.807, 2.05) is 25.9 Å².